The topological polar surface area (TPSA) is 31.6 Å². The van der Waals surface area contributed by atoms with E-state index in [-0.39, 0.29) is 0 Å². The average Bonchev–Trinajstić information content (AvgIpc) is 2.96. The Labute approximate surface area is 134 Å². The molecule has 5 heteroatoms. The summed E-state index contributed by atoms with van der Waals surface area (Å²) in [5, 5.41) is 0. The number of benzene rings is 2. The van der Waals surface area contributed by atoms with Crippen LogP contribution in [0.25, 0.3) is 0 Å². The zero-order valence-electron chi connectivity index (χ0n) is 12.0. The van der Waals surface area contributed by atoms with Gasteiger partial charge in [-0.2, -0.15) is 0 Å². The molecule has 3 nitrogen and oxygen atoms in total. The summed E-state index contributed by atoms with van der Waals surface area (Å²) in [5.74, 6) is 2.10. The van der Waals surface area contributed by atoms with Crippen molar-refractivity contribution in [1.29, 1.82) is 0 Å². The summed E-state index contributed by atoms with van der Waals surface area (Å²) in [6.45, 7) is -0.959. The molecule has 0 atom stereocenters. The highest BCUT2D eigenvalue weighted by atomic mass is 32.5. The predicted octanol–water partition coefficient (Wildman–Crippen LogP) is 4.68. The smallest absolute Gasteiger partial charge is 0.355 e. The van der Waals surface area contributed by atoms with Crippen LogP contribution in [0.15, 0.2) is 77.2 Å². The molecule has 0 fully saturated rings. The minimum Gasteiger partial charge on any atom is -0.454 e. The van der Waals surface area contributed by atoms with Crippen LogP contribution in [0, 0.1) is 6.92 Å². The van der Waals surface area contributed by atoms with Gasteiger partial charge in [-0.05, 0) is 55.1 Å². The van der Waals surface area contributed by atoms with Crippen LogP contribution in [0.4, 0.5) is 0 Å². The Hall–Kier alpha value is -2.03. The lowest BCUT2D eigenvalue weighted by molar-refractivity contribution is 0.477. The zero-order valence-corrected chi connectivity index (χ0v) is 13.7. The second-order valence-corrected chi connectivity index (χ2v) is 7.93. The highest BCUT2D eigenvalue weighted by molar-refractivity contribution is 8.13. The van der Waals surface area contributed by atoms with Gasteiger partial charge in [-0.1, -0.05) is 36.4 Å². The SMILES string of the molecule is Cc1ccc(P(=S)(Oc2ccccc2)Oc2ccccc2)o1. The Bertz CT molecular complexity index is 738. The van der Waals surface area contributed by atoms with Crippen molar-refractivity contribution in [3.05, 3.63) is 78.6 Å². The van der Waals surface area contributed by atoms with Gasteiger partial charge in [0.05, 0.1) is 0 Å². The monoisotopic (exact) mass is 330 g/mol. The van der Waals surface area contributed by atoms with Crippen molar-refractivity contribution in [2.24, 2.45) is 0 Å². The second kappa shape index (κ2) is 6.39. The molecule has 0 spiro atoms. The van der Waals surface area contributed by atoms with Gasteiger partial charge < -0.3 is 13.5 Å². The highest BCUT2D eigenvalue weighted by Crippen LogP contribution is 2.48. The minimum absolute atomic E-state index is 0.549. The lowest BCUT2D eigenvalue weighted by atomic mass is 10.3. The van der Waals surface area contributed by atoms with Crippen molar-refractivity contribution in [3.8, 4) is 11.5 Å². The quantitative estimate of drug-likeness (QED) is 0.636. The molecule has 112 valence electrons. The third kappa shape index (κ3) is 3.41. The van der Waals surface area contributed by atoms with E-state index in [2.05, 4.69) is 0 Å². The van der Waals surface area contributed by atoms with Crippen LogP contribution >= 0.6 is 6.49 Å². The molecule has 0 aliphatic heterocycles. The lowest BCUT2D eigenvalue weighted by Gasteiger charge is -2.21. The summed E-state index contributed by atoms with van der Waals surface area (Å²) in [5.41, 5.74) is 0.549. The molecule has 0 N–H and O–H groups in total. The van der Waals surface area contributed by atoms with E-state index in [0.717, 1.165) is 5.76 Å². The van der Waals surface area contributed by atoms with Crippen LogP contribution in [0.5, 0.6) is 11.5 Å². The molecule has 1 aromatic heterocycles. The van der Waals surface area contributed by atoms with E-state index >= 15 is 0 Å². The van der Waals surface area contributed by atoms with Crippen molar-refractivity contribution in [2.45, 2.75) is 6.92 Å². The Morgan fingerprint density at radius 2 is 1.27 bits per heavy atom. The molecule has 0 aliphatic carbocycles. The molecular formula is C17H15O3PS. The summed E-state index contributed by atoms with van der Waals surface area (Å²) < 4.78 is 17.7. The van der Waals surface area contributed by atoms with Gasteiger partial charge in [0, 0.05) is 0 Å². The molecule has 0 saturated heterocycles. The Balaban J connectivity index is 1.96. The lowest BCUT2D eigenvalue weighted by Crippen LogP contribution is -2.12. The van der Waals surface area contributed by atoms with Crippen LogP contribution in [-0.4, -0.2) is 0 Å². The standard InChI is InChI=1S/C17H15O3PS/c1-14-12-13-17(18-14)21(22,19-15-8-4-2-5-9-15)20-16-10-6-3-7-11-16/h2-13H,1H3. The van der Waals surface area contributed by atoms with Gasteiger partial charge in [-0.3, -0.25) is 0 Å². The van der Waals surface area contributed by atoms with E-state index in [4.69, 9.17) is 25.3 Å². The van der Waals surface area contributed by atoms with Crippen LogP contribution in [0.2, 0.25) is 0 Å². The van der Waals surface area contributed by atoms with Gasteiger partial charge >= 0.3 is 6.49 Å². The molecule has 1 heterocycles. The zero-order chi connectivity index (χ0) is 15.4. The molecule has 2 aromatic carbocycles. The maximum Gasteiger partial charge on any atom is 0.355 e. The van der Waals surface area contributed by atoms with Gasteiger partial charge in [0.15, 0.2) is 0 Å². The molecule has 0 radical (unpaired) electrons. The van der Waals surface area contributed by atoms with Gasteiger partial charge in [-0.15, -0.1) is 0 Å². The summed E-state index contributed by atoms with van der Waals surface area (Å²) in [7, 11) is 0. The fourth-order valence-corrected chi connectivity index (χ4v) is 4.26. The van der Waals surface area contributed by atoms with Crippen LogP contribution in [0.1, 0.15) is 5.76 Å². The van der Waals surface area contributed by atoms with Crippen LogP contribution < -0.4 is 14.5 Å². The Morgan fingerprint density at radius 1 is 0.773 bits per heavy atom. The molecule has 3 aromatic rings. The fourth-order valence-electron chi connectivity index (χ4n) is 1.92. The number of para-hydroxylation sites is 2. The van der Waals surface area contributed by atoms with Crippen molar-refractivity contribution in [2.75, 3.05) is 0 Å². The average molecular weight is 330 g/mol. The molecule has 3 rings (SSSR count). The van der Waals surface area contributed by atoms with Gasteiger partial charge in [0.1, 0.15) is 17.3 Å². The Kier molecular flexibility index (Phi) is 4.32. The van der Waals surface area contributed by atoms with Crippen LogP contribution in [-0.2, 0) is 11.8 Å². The van der Waals surface area contributed by atoms with Gasteiger partial charge in [0.2, 0.25) is 5.50 Å². The van der Waals surface area contributed by atoms with Crippen molar-refractivity contribution < 1.29 is 13.5 Å². The van der Waals surface area contributed by atoms with Crippen molar-refractivity contribution >= 4 is 23.8 Å². The van der Waals surface area contributed by atoms with E-state index < -0.39 is 6.49 Å². The molecule has 0 unspecified atom stereocenters. The minimum atomic E-state index is -2.83. The third-order valence-electron chi connectivity index (χ3n) is 2.93. The molecular weight excluding hydrogens is 315 g/mol. The first-order valence-corrected chi connectivity index (χ1v) is 9.46. The number of aryl methyl sites for hydroxylation is 1. The van der Waals surface area contributed by atoms with Crippen molar-refractivity contribution in [1.82, 2.24) is 0 Å². The predicted molar refractivity (Wildman–Crippen MR) is 91.5 cm³/mol. The Morgan fingerprint density at radius 3 is 1.68 bits per heavy atom. The maximum absolute atomic E-state index is 6.02. The number of furan rings is 1. The maximum atomic E-state index is 6.02. The molecule has 22 heavy (non-hydrogen) atoms. The molecule has 0 amide bonds. The number of hydrogen-bond acceptors (Lipinski definition) is 4. The number of rotatable bonds is 5. The first kappa shape index (κ1) is 14.9. The normalized spacial score (nSPS) is 11.1. The molecule has 0 saturated carbocycles. The van der Waals surface area contributed by atoms with E-state index in [0.29, 0.717) is 17.0 Å². The summed E-state index contributed by atoms with van der Waals surface area (Å²) in [6, 6.07) is 22.5. The summed E-state index contributed by atoms with van der Waals surface area (Å²) in [4.78, 5) is 0. The van der Waals surface area contributed by atoms with E-state index in [9.17, 15) is 0 Å². The first-order chi connectivity index (χ1) is 10.7. The summed E-state index contributed by atoms with van der Waals surface area (Å²) >= 11 is 5.72. The second-order valence-electron chi connectivity index (χ2n) is 4.69. The number of hydrogen-bond donors (Lipinski definition) is 0. The van der Waals surface area contributed by atoms with E-state index in [1.807, 2.05) is 79.7 Å². The largest absolute Gasteiger partial charge is 0.454 e. The van der Waals surface area contributed by atoms with E-state index in [1.54, 1.807) is 0 Å². The fraction of sp³-hybridized carbons (Fsp3) is 0.0588. The first-order valence-electron chi connectivity index (χ1n) is 6.82. The van der Waals surface area contributed by atoms with Crippen LogP contribution in [0.3, 0.4) is 0 Å². The van der Waals surface area contributed by atoms with Gasteiger partial charge in [0.25, 0.3) is 0 Å². The molecule has 0 bridgehead atoms. The molecule has 0 aliphatic rings. The summed E-state index contributed by atoms with van der Waals surface area (Å²) in [6.07, 6.45) is 0. The van der Waals surface area contributed by atoms with Gasteiger partial charge in [-0.25, -0.2) is 0 Å². The van der Waals surface area contributed by atoms with Crippen molar-refractivity contribution in [3.63, 3.8) is 0 Å². The van der Waals surface area contributed by atoms with E-state index in [1.165, 1.54) is 0 Å². The third-order valence-corrected chi connectivity index (χ3v) is 5.60. The highest BCUT2D eigenvalue weighted by Gasteiger charge is 2.29.